The first-order valence-electron chi connectivity index (χ1n) is 11.0. The third-order valence-corrected chi connectivity index (χ3v) is 8.23. The third-order valence-electron chi connectivity index (χ3n) is 5.88. The standard InChI is InChI=1S/C26H31N2O2S2/c1-27-21-13-7-9-15-23(21)31-25(27)17-19(29-3)11-5-6-12-20(30-4)18-26-28(2)22-14-8-10-16-24(22)32-26/h7-10,13-19H,5-6,11-12H2,1-4H3/q+1. The minimum atomic E-state index is 0.115. The summed E-state index contributed by atoms with van der Waals surface area (Å²) < 4.78 is 15.0. The van der Waals surface area contributed by atoms with Crippen LogP contribution in [0.1, 0.15) is 30.7 Å². The summed E-state index contributed by atoms with van der Waals surface area (Å²) in [5.74, 6) is 1.03. The zero-order valence-electron chi connectivity index (χ0n) is 19.2. The van der Waals surface area contributed by atoms with E-state index in [9.17, 15) is 0 Å². The van der Waals surface area contributed by atoms with Gasteiger partial charge >= 0.3 is 0 Å². The first kappa shape index (κ1) is 22.9. The molecule has 0 fully saturated rings. The van der Waals surface area contributed by atoms with Crippen molar-refractivity contribution in [2.75, 3.05) is 26.2 Å². The van der Waals surface area contributed by atoms with Crippen LogP contribution < -0.4 is 9.47 Å². The highest BCUT2D eigenvalue weighted by Crippen LogP contribution is 2.45. The molecule has 3 aromatic rings. The Morgan fingerprint density at radius 1 is 1.09 bits per heavy atom. The highest BCUT2D eigenvalue weighted by molar-refractivity contribution is 8.03. The lowest BCUT2D eigenvalue weighted by Crippen LogP contribution is -2.29. The van der Waals surface area contributed by atoms with Crippen LogP contribution in [0.4, 0.5) is 5.69 Å². The van der Waals surface area contributed by atoms with Gasteiger partial charge in [0.25, 0.3) is 5.01 Å². The molecule has 6 heteroatoms. The molecule has 0 saturated heterocycles. The Labute approximate surface area is 199 Å². The maximum atomic E-state index is 5.77. The molecule has 4 nitrogen and oxygen atoms in total. The summed E-state index contributed by atoms with van der Waals surface area (Å²) in [7, 11) is 7.81. The van der Waals surface area contributed by atoms with E-state index in [0.717, 1.165) is 31.4 Å². The number of unbranched alkanes of at least 4 members (excludes halogenated alkanes) is 1. The van der Waals surface area contributed by atoms with Crippen LogP contribution in [0.3, 0.4) is 0 Å². The number of aryl methyl sites for hydroxylation is 1. The molecule has 0 bridgehead atoms. The lowest BCUT2D eigenvalue weighted by molar-refractivity contribution is -0.642. The van der Waals surface area contributed by atoms with Crippen LogP contribution in [0.25, 0.3) is 16.3 Å². The van der Waals surface area contributed by atoms with Gasteiger partial charge < -0.3 is 14.4 Å². The topological polar surface area (TPSA) is 25.6 Å². The van der Waals surface area contributed by atoms with E-state index < -0.39 is 0 Å². The van der Waals surface area contributed by atoms with Gasteiger partial charge in [0.05, 0.1) is 30.0 Å². The number of methoxy groups -OCH3 is 2. The van der Waals surface area contributed by atoms with E-state index in [2.05, 4.69) is 84.2 Å². The first-order valence-corrected chi connectivity index (χ1v) is 12.6. The van der Waals surface area contributed by atoms with Crippen molar-refractivity contribution in [2.45, 2.75) is 36.7 Å². The van der Waals surface area contributed by atoms with Crippen molar-refractivity contribution in [2.24, 2.45) is 7.05 Å². The summed E-state index contributed by atoms with van der Waals surface area (Å²) in [4.78, 5) is 3.56. The molecule has 1 aromatic heterocycles. The monoisotopic (exact) mass is 467 g/mol. The average Bonchev–Trinajstić information content (AvgIpc) is 3.31. The van der Waals surface area contributed by atoms with Gasteiger partial charge in [-0.2, -0.15) is 4.57 Å². The molecule has 2 aromatic carbocycles. The lowest BCUT2D eigenvalue weighted by Gasteiger charge is -2.17. The summed E-state index contributed by atoms with van der Waals surface area (Å²) in [6, 6.07) is 17.0. The van der Waals surface area contributed by atoms with E-state index in [0.29, 0.717) is 0 Å². The molecule has 32 heavy (non-hydrogen) atoms. The maximum absolute atomic E-state index is 5.77. The number of fused-ring (bicyclic) bond motifs is 2. The number of aromatic nitrogens is 1. The second kappa shape index (κ2) is 10.6. The number of rotatable bonds is 9. The quantitative estimate of drug-likeness (QED) is 0.207. The van der Waals surface area contributed by atoms with Crippen LogP contribution in [0.5, 0.6) is 0 Å². The Bertz CT molecular complexity index is 1140. The summed E-state index contributed by atoms with van der Waals surface area (Å²) in [6.45, 7) is 0. The Morgan fingerprint density at radius 2 is 1.88 bits per heavy atom. The molecule has 168 valence electrons. The predicted octanol–water partition coefficient (Wildman–Crippen LogP) is 6.37. The third kappa shape index (κ3) is 5.03. The Morgan fingerprint density at radius 3 is 2.62 bits per heavy atom. The number of benzene rings is 2. The molecule has 0 radical (unpaired) electrons. The number of para-hydroxylation sites is 2. The summed E-state index contributed by atoms with van der Waals surface area (Å²) in [5, 5.41) is 2.45. The minimum absolute atomic E-state index is 0.115. The number of hydrogen-bond acceptors (Lipinski definition) is 5. The predicted molar refractivity (Wildman–Crippen MR) is 136 cm³/mol. The van der Waals surface area contributed by atoms with Crippen molar-refractivity contribution in [1.82, 2.24) is 0 Å². The normalized spacial score (nSPS) is 16.1. The molecule has 1 unspecified atom stereocenters. The van der Waals surface area contributed by atoms with Gasteiger partial charge in [0.1, 0.15) is 17.5 Å². The summed E-state index contributed by atoms with van der Waals surface area (Å²) in [5.41, 5.74) is 2.52. The Balaban J connectivity index is 1.33. The van der Waals surface area contributed by atoms with E-state index in [1.807, 2.05) is 11.8 Å². The van der Waals surface area contributed by atoms with Gasteiger partial charge in [-0.3, -0.25) is 0 Å². The summed E-state index contributed by atoms with van der Waals surface area (Å²) in [6.07, 6.45) is 8.64. The van der Waals surface area contributed by atoms with E-state index in [1.54, 1.807) is 25.6 Å². The maximum Gasteiger partial charge on any atom is 0.265 e. The Hall–Kier alpha value is -2.28. The van der Waals surface area contributed by atoms with Crippen molar-refractivity contribution in [3.8, 4) is 0 Å². The molecular formula is C26H31N2O2S2+. The zero-order valence-corrected chi connectivity index (χ0v) is 20.8. The number of ether oxygens (including phenoxy) is 2. The van der Waals surface area contributed by atoms with Gasteiger partial charge in [0.2, 0.25) is 5.52 Å². The number of nitrogens with zero attached hydrogens (tertiary/aromatic N) is 2. The number of anilines is 1. The average molecular weight is 468 g/mol. The molecule has 4 rings (SSSR count). The highest BCUT2D eigenvalue weighted by Gasteiger charge is 2.22. The van der Waals surface area contributed by atoms with Gasteiger partial charge in [0, 0.05) is 31.5 Å². The van der Waals surface area contributed by atoms with Crippen LogP contribution >= 0.6 is 23.1 Å². The molecule has 2 heterocycles. The van der Waals surface area contributed by atoms with Gasteiger partial charge in [-0.05, 0) is 37.1 Å². The van der Waals surface area contributed by atoms with Gasteiger partial charge in [-0.15, -0.1) is 0 Å². The Kier molecular flexibility index (Phi) is 7.55. The molecule has 0 amide bonds. The van der Waals surface area contributed by atoms with Gasteiger partial charge in [0.15, 0.2) is 0 Å². The number of thiazole rings is 1. The lowest BCUT2D eigenvalue weighted by atomic mass is 10.1. The van der Waals surface area contributed by atoms with Crippen LogP contribution in [0.15, 0.2) is 70.3 Å². The van der Waals surface area contributed by atoms with E-state index in [1.165, 1.54) is 30.8 Å². The van der Waals surface area contributed by atoms with Crippen LogP contribution in [-0.4, -0.2) is 27.4 Å². The molecule has 1 aliphatic heterocycles. The van der Waals surface area contributed by atoms with Crippen LogP contribution in [-0.2, 0) is 16.5 Å². The molecule has 0 saturated carbocycles. The fourth-order valence-electron chi connectivity index (χ4n) is 3.96. The van der Waals surface area contributed by atoms with Crippen molar-refractivity contribution in [3.63, 3.8) is 0 Å². The zero-order chi connectivity index (χ0) is 22.5. The van der Waals surface area contributed by atoms with Crippen molar-refractivity contribution in [1.29, 1.82) is 0 Å². The number of allylic oxidation sites excluding steroid dienone is 1. The number of thioether (sulfide) groups is 1. The molecule has 0 spiro atoms. The van der Waals surface area contributed by atoms with E-state index >= 15 is 0 Å². The smallest absolute Gasteiger partial charge is 0.265 e. The van der Waals surface area contributed by atoms with Crippen LogP contribution in [0.2, 0.25) is 0 Å². The second-order valence-electron chi connectivity index (χ2n) is 7.94. The molecule has 0 N–H and O–H groups in total. The van der Waals surface area contributed by atoms with Gasteiger partial charge in [-0.25, -0.2) is 0 Å². The molecule has 0 aliphatic carbocycles. The van der Waals surface area contributed by atoms with Gasteiger partial charge in [-0.1, -0.05) is 53.8 Å². The second-order valence-corrected chi connectivity index (χ2v) is 10.1. The largest absolute Gasteiger partial charge is 0.501 e. The van der Waals surface area contributed by atoms with E-state index in [4.69, 9.17) is 9.47 Å². The SMILES string of the molecule is COC(=Cc1sc2ccccc2[n+]1C)CCCCC(C=C1Sc2ccccc2N1C)OC. The van der Waals surface area contributed by atoms with Crippen molar-refractivity contribution >= 4 is 45.1 Å². The van der Waals surface area contributed by atoms with Crippen LogP contribution in [0, 0.1) is 0 Å². The molecule has 1 atom stereocenters. The van der Waals surface area contributed by atoms with Crippen molar-refractivity contribution in [3.05, 3.63) is 70.4 Å². The highest BCUT2D eigenvalue weighted by atomic mass is 32.2. The minimum Gasteiger partial charge on any atom is -0.501 e. The fraction of sp³-hybridized carbons (Fsp3) is 0.346. The fourth-order valence-corrected chi connectivity index (χ4v) is 6.20. The van der Waals surface area contributed by atoms with E-state index in [-0.39, 0.29) is 6.10 Å². The molecule has 1 aliphatic rings. The molecular weight excluding hydrogens is 436 g/mol. The summed E-state index contributed by atoms with van der Waals surface area (Å²) >= 11 is 3.62. The first-order chi connectivity index (χ1) is 15.6. The van der Waals surface area contributed by atoms with Crippen molar-refractivity contribution < 1.29 is 14.0 Å². The number of hydrogen-bond donors (Lipinski definition) is 0.